The van der Waals surface area contributed by atoms with E-state index < -0.39 is 18.5 Å². The fourth-order valence-corrected chi connectivity index (χ4v) is 2.43. The Kier molecular flexibility index (Phi) is 8.69. The second-order valence-electron chi connectivity index (χ2n) is 6.29. The van der Waals surface area contributed by atoms with Crippen molar-refractivity contribution in [1.29, 1.82) is 0 Å². The molecule has 154 valence electrons. The SMILES string of the molecule is CCCCOc1ccc(C(=O)OCC(=O)Nc2cccc(C(=O)NCC)c2)cc1. The lowest BCUT2D eigenvalue weighted by atomic mass is 10.2. The molecule has 0 heterocycles. The van der Waals surface area contributed by atoms with Crippen LogP contribution in [0.4, 0.5) is 5.69 Å². The molecule has 7 heteroatoms. The quantitative estimate of drug-likeness (QED) is 0.472. The molecule has 0 aliphatic rings. The van der Waals surface area contributed by atoms with E-state index >= 15 is 0 Å². The van der Waals surface area contributed by atoms with Crippen LogP contribution in [-0.4, -0.2) is 37.5 Å². The molecule has 7 nitrogen and oxygen atoms in total. The number of amides is 2. The van der Waals surface area contributed by atoms with E-state index in [1.165, 1.54) is 0 Å². The molecular formula is C22H26N2O5. The highest BCUT2D eigenvalue weighted by atomic mass is 16.5. The number of anilines is 1. The van der Waals surface area contributed by atoms with Crippen molar-refractivity contribution >= 4 is 23.5 Å². The molecule has 2 rings (SSSR count). The second-order valence-corrected chi connectivity index (χ2v) is 6.29. The van der Waals surface area contributed by atoms with Gasteiger partial charge in [0.15, 0.2) is 6.61 Å². The zero-order valence-corrected chi connectivity index (χ0v) is 16.7. The van der Waals surface area contributed by atoms with Gasteiger partial charge < -0.3 is 20.1 Å². The molecule has 0 saturated heterocycles. The standard InChI is InChI=1S/C22H26N2O5/c1-3-5-13-28-19-11-9-16(10-12-19)22(27)29-15-20(25)24-18-8-6-7-17(14-18)21(26)23-4-2/h6-12,14H,3-5,13,15H2,1-2H3,(H,23,26)(H,24,25). The van der Waals surface area contributed by atoms with Crippen LogP contribution in [0.5, 0.6) is 5.75 Å². The lowest BCUT2D eigenvalue weighted by Crippen LogP contribution is -2.23. The molecule has 0 bridgehead atoms. The van der Waals surface area contributed by atoms with Crippen LogP contribution < -0.4 is 15.4 Å². The minimum atomic E-state index is -0.601. The van der Waals surface area contributed by atoms with Gasteiger partial charge in [0.1, 0.15) is 5.75 Å². The Balaban J connectivity index is 1.83. The van der Waals surface area contributed by atoms with Crippen LogP contribution in [0, 0.1) is 0 Å². The molecule has 0 saturated carbocycles. The first-order valence-electron chi connectivity index (χ1n) is 9.61. The highest BCUT2D eigenvalue weighted by Gasteiger charge is 2.12. The van der Waals surface area contributed by atoms with E-state index in [2.05, 4.69) is 17.6 Å². The first-order valence-corrected chi connectivity index (χ1v) is 9.61. The van der Waals surface area contributed by atoms with Crippen molar-refractivity contribution in [2.24, 2.45) is 0 Å². The largest absolute Gasteiger partial charge is 0.494 e. The molecule has 0 aromatic heterocycles. The zero-order valence-electron chi connectivity index (χ0n) is 16.7. The molecule has 0 aliphatic heterocycles. The fourth-order valence-electron chi connectivity index (χ4n) is 2.43. The van der Waals surface area contributed by atoms with Gasteiger partial charge in [-0.25, -0.2) is 4.79 Å². The zero-order chi connectivity index (χ0) is 21.1. The highest BCUT2D eigenvalue weighted by molar-refractivity contribution is 5.98. The van der Waals surface area contributed by atoms with Crippen molar-refractivity contribution in [3.63, 3.8) is 0 Å². The summed E-state index contributed by atoms with van der Waals surface area (Å²) in [7, 11) is 0. The highest BCUT2D eigenvalue weighted by Crippen LogP contribution is 2.14. The summed E-state index contributed by atoms with van der Waals surface area (Å²) in [6.07, 6.45) is 2.01. The van der Waals surface area contributed by atoms with Crippen molar-refractivity contribution in [2.75, 3.05) is 25.1 Å². The number of ether oxygens (including phenoxy) is 2. The van der Waals surface area contributed by atoms with Gasteiger partial charge in [-0.15, -0.1) is 0 Å². The first kappa shape index (κ1) is 21.9. The number of nitrogens with one attached hydrogen (secondary N) is 2. The van der Waals surface area contributed by atoms with E-state index in [0.29, 0.717) is 35.7 Å². The van der Waals surface area contributed by atoms with Crippen LogP contribution in [-0.2, 0) is 9.53 Å². The Labute approximate surface area is 170 Å². The van der Waals surface area contributed by atoms with Gasteiger partial charge in [0.2, 0.25) is 0 Å². The third-order valence-corrected chi connectivity index (χ3v) is 3.94. The molecular weight excluding hydrogens is 372 g/mol. The second kappa shape index (κ2) is 11.5. The Hall–Kier alpha value is -3.35. The monoisotopic (exact) mass is 398 g/mol. The lowest BCUT2D eigenvalue weighted by molar-refractivity contribution is -0.119. The van der Waals surface area contributed by atoms with Crippen LogP contribution in [0.25, 0.3) is 0 Å². The van der Waals surface area contributed by atoms with Crippen LogP contribution in [0.15, 0.2) is 48.5 Å². The Morgan fingerprint density at radius 2 is 1.72 bits per heavy atom. The van der Waals surface area contributed by atoms with Crippen molar-refractivity contribution in [2.45, 2.75) is 26.7 Å². The smallest absolute Gasteiger partial charge is 0.338 e. The van der Waals surface area contributed by atoms with E-state index in [-0.39, 0.29) is 5.91 Å². The van der Waals surface area contributed by atoms with Gasteiger partial charge in [0.25, 0.3) is 11.8 Å². The summed E-state index contributed by atoms with van der Waals surface area (Å²) in [5.74, 6) is -0.640. The molecule has 0 atom stereocenters. The maximum Gasteiger partial charge on any atom is 0.338 e. The summed E-state index contributed by atoms with van der Waals surface area (Å²) >= 11 is 0. The number of hydrogen-bond donors (Lipinski definition) is 2. The summed E-state index contributed by atoms with van der Waals surface area (Å²) in [6, 6.07) is 13.1. The van der Waals surface area contributed by atoms with Gasteiger partial charge in [-0.2, -0.15) is 0 Å². The van der Waals surface area contributed by atoms with Crippen molar-refractivity contribution in [3.05, 3.63) is 59.7 Å². The summed E-state index contributed by atoms with van der Waals surface area (Å²) in [5.41, 5.74) is 1.21. The lowest BCUT2D eigenvalue weighted by Gasteiger charge is -2.09. The third kappa shape index (κ3) is 7.29. The average molecular weight is 398 g/mol. The molecule has 0 spiro atoms. The Morgan fingerprint density at radius 3 is 2.41 bits per heavy atom. The van der Waals surface area contributed by atoms with Crippen LogP contribution in [0.3, 0.4) is 0 Å². The number of rotatable bonds is 10. The van der Waals surface area contributed by atoms with Gasteiger partial charge in [-0.05, 0) is 55.8 Å². The normalized spacial score (nSPS) is 10.1. The van der Waals surface area contributed by atoms with Crippen LogP contribution >= 0.6 is 0 Å². The van der Waals surface area contributed by atoms with Gasteiger partial charge >= 0.3 is 5.97 Å². The van der Waals surface area contributed by atoms with E-state index in [1.807, 2.05) is 6.92 Å². The summed E-state index contributed by atoms with van der Waals surface area (Å²) in [5, 5.41) is 5.30. The topological polar surface area (TPSA) is 93.7 Å². The fraction of sp³-hybridized carbons (Fsp3) is 0.318. The molecule has 2 amide bonds. The molecule has 0 radical (unpaired) electrons. The van der Waals surface area contributed by atoms with E-state index in [0.717, 1.165) is 12.8 Å². The average Bonchev–Trinajstić information content (AvgIpc) is 2.73. The molecule has 0 unspecified atom stereocenters. The van der Waals surface area contributed by atoms with Crippen molar-refractivity contribution in [1.82, 2.24) is 5.32 Å². The third-order valence-electron chi connectivity index (χ3n) is 3.94. The molecule has 0 aliphatic carbocycles. The number of hydrogen-bond acceptors (Lipinski definition) is 5. The van der Waals surface area contributed by atoms with E-state index in [9.17, 15) is 14.4 Å². The summed E-state index contributed by atoms with van der Waals surface area (Å²) < 4.78 is 10.6. The molecule has 2 aromatic rings. The van der Waals surface area contributed by atoms with E-state index in [4.69, 9.17) is 9.47 Å². The van der Waals surface area contributed by atoms with E-state index in [1.54, 1.807) is 48.5 Å². The summed E-state index contributed by atoms with van der Waals surface area (Å²) in [6.45, 7) is 4.61. The predicted molar refractivity (Wildman–Crippen MR) is 110 cm³/mol. The van der Waals surface area contributed by atoms with Gasteiger partial charge in [-0.3, -0.25) is 9.59 Å². The van der Waals surface area contributed by atoms with Gasteiger partial charge in [0.05, 0.1) is 12.2 Å². The maximum absolute atomic E-state index is 12.1. The summed E-state index contributed by atoms with van der Waals surface area (Å²) in [4.78, 5) is 36.0. The van der Waals surface area contributed by atoms with Crippen LogP contribution in [0.2, 0.25) is 0 Å². The molecule has 2 N–H and O–H groups in total. The van der Waals surface area contributed by atoms with Crippen molar-refractivity contribution in [3.8, 4) is 5.75 Å². The molecule has 2 aromatic carbocycles. The first-order chi connectivity index (χ1) is 14.0. The Bertz CT molecular complexity index is 833. The van der Waals surface area contributed by atoms with Crippen molar-refractivity contribution < 1.29 is 23.9 Å². The maximum atomic E-state index is 12.1. The molecule has 29 heavy (non-hydrogen) atoms. The number of carbonyl (C=O) groups is 3. The molecule has 0 fully saturated rings. The number of esters is 1. The predicted octanol–water partition coefficient (Wildman–Crippen LogP) is 3.41. The number of unbranched alkanes of at least 4 members (excludes halogenated alkanes) is 1. The Morgan fingerprint density at radius 1 is 0.966 bits per heavy atom. The minimum absolute atomic E-state index is 0.225. The number of carbonyl (C=O) groups excluding carboxylic acids is 3. The minimum Gasteiger partial charge on any atom is -0.494 e. The van der Waals surface area contributed by atoms with Crippen LogP contribution in [0.1, 0.15) is 47.4 Å². The van der Waals surface area contributed by atoms with Gasteiger partial charge in [0, 0.05) is 17.8 Å². The number of benzene rings is 2. The van der Waals surface area contributed by atoms with Gasteiger partial charge in [-0.1, -0.05) is 19.4 Å².